The highest BCUT2D eigenvalue weighted by Crippen LogP contribution is 2.44. The summed E-state index contributed by atoms with van der Waals surface area (Å²) >= 11 is 0. The van der Waals surface area contributed by atoms with Gasteiger partial charge in [0.1, 0.15) is 11.1 Å². The SMILES string of the molecule is CC(C)(C)OC(=O)N1CCC(OCC2=CC=CCC2)C12C=C2. The minimum atomic E-state index is -0.467. The molecule has 3 aliphatic rings. The van der Waals surface area contributed by atoms with Gasteiger partial charge in [0.2, 0.25) is 0 Å². The maximum Gasteiger partial charge on any atom is 0.411 e. The van der Waals surface area contributed by atoms with Crippen LogP contribution in [0, 0.1) is 0 Å². The van der Waals surface area contributed by atoms with E-state index in [-0.39, 0.29) is 17.7 Å². The van der Waals surface area contributed by atoms with E-state index in [0.717, 1.165) is 19.3 Å². The molecular formula is C18H25NO3. The van der Waals surface area contributed by atoms with Crippen LogP contribution in [0.4, 0.5) is 4.79 Å². The van der Waals surface area contributed by atoms with Gasteiger partial charge in [-0.2, -0.15) is 0 Å². The number of allylic oxidation sites excluding steroid dienone is 3. The Labute approximate surface area is 132 Å². The van der Waals surface area contributed by atoms with Crippen molar-refractivity contribution in [3.05, 3.63) is 36.0 Å². The van der Waals surface area contributed by atoms with Gasteiger partial charge in [-0.25, -0.2) is 4.79 Å². The Morgan fingerprint density at radius 2 is 2.18 bits per heavy atom. The molecule has 0 N–H and O–H groups in total. The lowest BCUT2D eigenvalue weighted by atomic mass is 10.1. The van der Waals surface area contributed by atoms with Crippen LogP contribution in [0.3, 0.4) is 0 Å². The van der Waals surface area contributed by atoms with Gasteiger partial charge in [0.15, 0.2) is 0 Å². The molecule has 4 heteroatoms. The summed E-state index contributed by atoms with van der Waals surface area (Å²) in [6, 6.07) is 0. The largest absolute Gasteiger partial charge is 0.444 e. The summed E-state index contributed by atoms with van der Waals surface area (Å²) in [6.45, 7) is 7.02. The summed E-state index contributed by atoms with van der Waals surface area (Å²) in [7, 11) is 0. The van der Waals surface area contributed by atoms with Gasteiger partial charge >= 0.3 is 6.09 Å². The van der Waals surface area contributed by atoms with Crippen LogP contribution in [0.25, 0.3) is 0 Å². The highest BCUT2D eigenvalue weighted by molar-refractivity contribution is 5.73. The van der Waals surface area contributed by atoms with Gasteiger partial charge in [-0.05, 0) is 45.6 Å². The fourth-order valence-electron chi connectivity index (χ4n) is 3.09. The van der Waals surface area contributed by atoms with Gasteiger partial charge in [0, 0.05) is 6.54 Å². The van der Waals surface area contributed by atoms with E-state index >= 15 is 0 Å². The number of likely N-dealkylation sites (tertiary alicyclic amines) is 1. The maximum absolute atomic E-state index is 12.4. The molecule has 0 saturated carbocycles. The van der Waals surface area contributed by atoms with Crippen molar-refractivity contribution in [2.24, 2.45) is 0 Å². The highest BCUT2D eigenvalue weighted by atomic mass is 16.6. The zero-order valence-corrected chi connectivity index (χ0v) is 13.7. The molecule has 1 amide bonds. The monoisotopic (exact) mass is 303 g/mol. The second-order valence-electron chi connectivity index (χ2n) is 7.23. The molecule has 120 valence electrons. The molecule has 0 aromatic heterocycles. The van der Waals surface area contributed by atoms with Crippen molar-refractivity contribution in [1.29, 1.82) is 0 Å². The van der Waals surface area contributed by atoms with Crippen LogP contribution in [0.15, 0.2) is 36.0 Å². The van der Waals surface area contributed by atoms with E-state index in [2.05, 4.69) is 30.4 Å². The third-order valence-electron chi connectivity index (χ3n) is 4.29. The van der Waals surface area contributed by atoms with Crippen LogP contribution in [0.5, 0.6) is 0 Å². The first-order valence-corrected chi connectivity index (χ1v) is 8.08. The van der Waals surface area contributed by atoms with Crippen molar-refractivity contribution < 1.29 is 14.3 Å². The van der Waals surface area contributed by atoms with E-state index in [1.807, 2.05) is 20.8 Å². The molecule has 2 aliphatic carbocycles. The zero-order chi connectivity index (χ0) is 15.8. The fraction of sp³-hybridized carbons (Fsp3) is 0.611. The zero-order valence-electron chi connectivity index (χ0n) is 13.7. The number of rotatable bonds is 3. The third kappa shape index (κ3) is 3.12. The molecule has 1 heterocycles. The molecule has 0 aromatic carbocycles. The summed E-state index contributed by atoms with van der Waals surface area (Å²) in [5, 5.41) is 0. The minimum Gasteiger partial charge on any atom is -0.444 e. The second-order valence-corrected chi connectivity index (χ2v) is 7.23. The van der Waals surface area contributed by atoms with Crippen LogP contribution in [0.1, 0.15) is 40.0 Å². The molecule has 0 bridgehead atoms. The fourth-order valence-corrected chi connectivity index (χ4v) is 3.09. The number of hydrogen-bond donors (Lipinski definition) is 0. The van der Waals surface area contributed by atoms with Crippen molar-refractivity contribution in [3.8, 4) is 0 Å². The first kappa shape index (κ1) is 15.3. The van der Waals surface area contributed by atoms with Crippen molar-refractivity contribution >= 4 is 6.09 Å². The summed E-state index contributed by atoms with van der Waals surface area (Å²) in [6.07, 6.45) is 13.3. The van der Waals surface area contributed by atoms with Gasteiger partial charge in [0.05, 0.1) is 12.7 Å². The summed E-state index contributed by atoms with van der Waals surface area (Å²) in [5.74, 6) is 0. The van der Waals surface area contributed by atoms with Crippen LogP contribution >= 0.6 is 0 Å². The van der Waals surface area contributed by atoms with Crippen molar-refractivity contribution in [3.63, 3.8) is 0 Å². The van der Waals surface area contributed by atoms with Crippen LogP contribution in [0.2, 0.25) is 0 Å². The quantitative estimate of drug-likeness (QED) is 0.748. The number of nitrogens with zero attached hydrogens (tertiary/aromatic N) is 1. The number of carbonyl (C=O) groups excluding carboxylic acids is 1. The Kier molecular flexibility index (Phi) is 3.89. The molecule has 1 saturated heterocycles. The molecule has 1 unspecified atom stereocenters. The van der Waals surface area contributed by atoms with Gasteiger partial charge < -0.3 is 9.47 Å². The molecule has 0 radical (unpaired) electrons. The normalized spacial score (nSPS) is 25.5. The number of ether oxygens (including phenoxy) is 2. The van der Waals surface area contributed by atoms with Crippen molar-refractivity contribution in [2.45, 2.75) is 57.3 Å². The summed E-state index contributed by atoms with van der Waals surface area (Å²) in [4.78, 5) is 14.2. The maximum atomic E-state index is 12.4. The number of hydrogen-bond acceptors (Lipinski definition) is 3. The van der Waals surface area contributed by atoms with Gasteiger partial charge in [-0.15, -0.1) is 0 Å². The lowest BCUT2D eigenvalue weighted by molar-refractivity contribution is 0.00419. The molecule has 1 fully saturated rings. The molecule has 1 aliphatic heterocycles. The number of amides is 1. The van der Waals surface area contributed by atoms with Crippen LogP contribution in [-0.2, 0) is 9.47 Å². The van der Waals surface area contributed by atoms with Gasteiger partial charge in [0.25, 0.3) is 0 Å². The highest BCUT2D eigenvalue weighted by Gasteiger charge is 2.55. The molecule has 1 atom stereocenters. The van der Waals surface area contributed by atoms with E-state index in [4.69, 9.17) is 9.47 Å². The molecule has 3 rings (SSSR count). The Hall–Kier alpha value is -1.55. The summed E-state index contributed by atoms with van der Waals surface area (Å²) in [5.41, 5.74) is 0.521. The van der Waals surface area contributed by atoms with Crippen LogP contribution < -0.4 is 0 Å². The standard InChI is InChI=1S/C18H25NO3/c1-17(2,3)22-16(20)19-12-9-15(18(19)10-11-18)21-13-14-7-5-4-6-8-14/h4-5,7,10-11,15H,6,8-9,12-13H2,1-3H3. The molecule has 0 aromatic rings. The van der Waals surface area contributed by atoms with Gasteiger partial charge in [-0.1, -0.05) is 30.4 Å². The summed E-state index contributed by atoms with van der Waals surface area (Å²) < 4.78 is 11.6. The minimum absolute atomic E-state index is 0.0480. The van der Waals surface area contributed by atoms with Crippen molar-refractivity contribution in [2.75, 3.05) is 13.2 Å². The Balaban J connectivity index is 1.58. The van der Waals surface area contributed by atoms with Crippen LogP contribution in [-0.4, -0.2) is 41.4 Å². The Bertz CT molecular complexity index is 533. The lowest BCUT2D eigenvalue weighted by Gasteiger charge is -2.31. The Morgan fingerprint density at radius 1 is 1.41 bits per heavy atom. The lowest BCUT2D eigenvalue weighted by Crippen LogP contribution is -2.46. The average molecular weight is 303 g/mol. The smallest absolute Gasteiger partial charge is 0.411 e. The molecular weight excluding hydrogens is 278 g/mol. The first-order valence-electron chi connectivity index (χ1n) is 8.08. The third-order valence-corrected chi connectivity index (χ3v) is 4.29. The Morgan fingerprint density at radius 3 is 2.77 bits per heavy atom. The number of carbonyl (C=O) groups is 1. The van der Waals surface area contributed by atoms with E-state index in [1.54, 1.807) is 4.90 Å². The molecule has 1 spiro atoms. The first-order chi connectivity index (χ1) is 10.4. The van der Waals surface area contributed by atoms with E-state index in [0.29, 0.717) is 13.2 Å². The van der Waals surface area contributed by atoms with E-state index in [1.165, 1.54) is 5.57 Å². The molecule has 22 heavy (non-hydrogen) atoms. The predicted molar refractivity (Wildman–Crippen MR) is 85.6 cm³/mol. The van der Waals surface area contributed by atoms with E-state index in [9.17, 15) is 4.79 Å². The van der Waals surface area contributed by atoms with E-state index < -0.39 is 5.60 Å². The topological polar surface area (TPSA) is 38.8 Å². The second kappa shape index (κ2) is 5.58. The predicted octanol–water partition coefficient (Wildman–Crippen LogP) is 3.60. The average Bonchev–Trinajstić information content (AvgIpc) is 3.13. The van der Waals surface area contributed by atoms with Gasteiger partial charge in [-0.3, -0.25) is 4.90 Å². The van der Waals surface area contributed by atoms with Crippen molar-refractivity contribution in [1.82, 2.24) is 4.90 Å². The molecule has 4 nitrogen and oxygen atoms in total.